The fourth-order valence-corrected chi connectivity index (χ4v) is 2.62. The third-order valence-electron chi connectivity index (χ3n) is 3.66. The van der Waals surface area contributed by atoms with Crippen LogP contribution in [-0.4, -0.2) is 23.0 Å². The molecule has 0 amide bonds. The summed E-state index contributed by atoms with van der Waals surface area (Å²) in [5.74, 6) is 0.851. The van der Waals surface area contributed by atoms with Crippen molar-refractivity contribution in [2.75, 3.05) is 13.7 Å². The Balaban J connectivity index is 2.22. The first-order valence-corrected chi connectivity index (χ1v) is 7.05. The fourth-order valence-electron chi connectivity index (χ4n) is 2.62. The third kappa shape index (κ3) is 2.38. The molecule has 108 valence electrons. The first-order chi connectivity index (χ1) is 10.2. The normalized spacial score (nSPS) is 11.0. The van der Waals surface area contributed by atoms with E-state index in [9.17, 15) is 0 Å². The minimum atomic E-state index is 0.589. The maximum atomic E-state index is 5.74. The molecule has 3 rings (SSSR count). The van der Waals surface area contributed by atoms with Gasteiger partial charge in [0, 0.05) is 18.2 Å². The zero-order chi connectivity index (χ0) is 14.8. The lowest BCUT2D eigenvalue weighted by molar-refractivity contribution is 0.415. The van der Waals surface area contributed by atoms with Gasteiger partial charge in [0.25, 0.3) is 0 Å². The number of imidazole rings is 1. The number of rotatable bonds is 4. The van der Waals surface area contributed by atoms with Crippen molar-refractivity contribution in [3.05, 3.63) is 53.9 Å². The van der Waals surface area contributed by atoms with Crippen LogP contribution in [0.2, 0.25) is 0 Å². The smallest absolute Gasteiger partial charge is 0.140 e. The van der Waals surface area contributed by atoms with E-state index in [1.54, 1.807) is 7.11 Å². The zero-order valence-electron chi connectivity index (χ0n) is 12.3. The molecule has 3 aromatic rings. The summed E-state index contributed by atoms with van der Waals surface area (Å²) in [5.41, 5.74) is 11.2. The van der Waals surface area contributed by atoms with Crippen LogP contribution in [0.1, 0.15) is 11.3 Å². The second-order valence-electron chi connectivity index (χ2n) is 5.06. The molecule has 2 aromatic heterocycles. The summed E-state index contributed by atoms with van der Waals surface area (Å²) in [5, 5.41) is 0. The van der Waals surface area contributed by atoms with E-state index >= 15 is 0 Å². The van der Waals surface area contributed by atoms with Crippen molar-refractivity contribution in [2.45, 2.75) is 13.3 Å². The minimum absolute atomic E-state index is 0.589. The van der Waals surface area contributed by atoms with Crippen LogP contribution < -0.4 is 10.5 Å². The van der Waals surface area contributed by atoms with E-state index in [4.69, 9.17) is 15.5 Å². The molecule has 0 aliphatic rings. The lowest BCUT2D eigenvalue weighted by Gasteiger charge is -2.07. The number of nitrogens with two attached hydrogens (primary N) is 1. The van der Waals surface area contributed by atoms with E-state index in [-0.39, 0.29) is 0 Å². The van der Waals surface area contributed by atoms with E-state index in [1.165, 1.54) is 0 Å². The number of aryl methyl sites for hydroxylation is 1. The molecule has 0 atom stereocenters. The average molecular weight is 281 g/mol. The average Bonchev–Trinajstić information content (AvgIpc) is 2.87. The van der Waals surface area contributed by atoms with Gasteiger partial charge in [-0.2, -0.15) is 0 Å². The molecule has 2 heterocycles. The molecule has 2 N–H and O–H groups in total. The number of hydrogen-bond acceptors (Lipinski definition) is 3. The van der Waals surface area contributed by atoms with Crippen molar-refractivity contribution in [3.8, 4) is 17.0 Å². The molecule has 4 nitrogen and oxygen atoms in total. The zero-order valence-corrected chi connectivity index (χ0v) is 12.3. The van der Waals surface area contributed by atoms with Gasteiger partial charge in [0.1, 0.15) is 11.4 Å². The second-order valence-corrected chi connectivity index (χ2v) is 5.06. The predicted octanol–water partition coefficient (Wildman–Crippen LogP) is 2.82. The SMILES string of the molecule is COc1ccc(-c2c(CCN)nc3c(C)cccn23)cc1. The van der Waals surface area contributed by atoms with Gasteiger partial charge in [-0.1, -0.05) is 6.07 Å². The van der Waals surface area contributed by atoms with Gasteiger partial charge in [-0.05, 0) is 49.4 Å². The number of pyridine rings is 1. The topological polar surface area (TPSA) is 52.5 Å². The lowest BCUT2D eigenvalue weighted by Crippen LogP contribution is -2.04. The molecule has 0 fully saturated rings. The first-order valence-electron chi connectivity index (χ1n) is 7.05. The summed E-state index contributed by atoms with van der Waals surface area (Å²) in [7, 11) is 1.67. The molecule has 0 saturated carbocycles. The van der Waals surface area contributed by atoms with Gasteiger partial charge in [-0.15, -0.1) is 0 Å². The Kier molecular flexibility index (Phi) is 3.62. The molecular weight excluding hydrogens is 262 g/mol. The van der Waals surface area contributed by atoms with Crippen LogP contribution in [0.3, 0.4) is 0 Å². The van der Waals surface area contributed by atoms with Gasteiger partial charge in [-0.3, -0.25) is 4.40 Å². The number of fused-ring (bicyclic) bond motifs is 1. The number of nitrogens with zero attached hydrogens (tertiary/aromatic N) is 2. The predicted molar refractivity (Wildman–Crippen MR) is 84.7 cm³/mol. The number of ether oxygens (including phenoxy) is 1. The highest BCUT2D eigenvalue weighted by molar-refractivity contribution is 5.69. The Morgan fingerprint density at radius 3 is 2.62 bits per heavy atom. The summed E-state index contributed by atoms with van der Waals surface area (Å²) in [6, 6.07) is 12.2. The summed E-state index contributed by atoms with van der Waals surface area (Å²) >= 11 is 0. The van der Waals surface area contributed by atoms with Gasteiger partial charge in [0.15, 0.2) is 0 Å². The highest BCUT2D eigenvalue weighted by Gasteiger charge is 2.14. The number of methoxy groups -OCH3 is 1. The molecule has 0 spiro atoms. The molecule has 1 aromatic carbocycles. The van der Waals surface area contributed by atoms with Crippen LogP contribution >= 0.6 is 0 Å². The Hall–Kier alpha value is -2.33. The number of hydrogen-bond donors (Lipinski definition) is 1. The van der Waals surface area contributed by atoms with Crippen LogP contribution in [0.15, 0.2) is 42.6 Å². The molecule has 0 unspecified atom stereocenters. The summed E-state index contributed by atoms with van der Waals surface area (Å²) in [6.45, 7) is 2.67. The molecule has 0 aliphatic carbocycles. The van der Waals surface area contributed by atoms with Crippen LogP contribution in [-0.2, 0) is 6.42 Å². The Morgan fingerprint density at radius 1 is 1.19 bits per heavy atom. The second kappa shape index (κ2) is 5.58. The molecule has 0 aliphatic heterocycles. The highest BCUT2D eigenvalue weighted by atomic mass is 16.5. The van der Waals surface area contributed by atoms with E-state index in [0.29, 0.717) is 6.54 Å². The Bertz CT molecular complexity index is 760. The van der Waals surface area contributed by atoms with Crippen molar-refractivity contribution >= 4 is 5.65 Å². The first kappa shape index (κ1) is 13.6. The van der Waals surface area contributed by atoms with Gasteiger partial charge in [0.2, 0.25) is 0 Å². The minimum Gasteiger partial charge on any atom is -0.497 e. The van der Waals surface area contributed by atoms with Crippen LogP contribution in [0.4, 0.5) is 0 Å². The van der Waals surface area contributed by atoms with Crippen molar-refractivity contribution < 1.29 is 4.74 Å². The van der Waals surface area contributed by atoms with E-state index < -0.39 is 0 Å². The van der Waals surface area contributed by atoms with Crippen molar-refractivity contribution in [1.82, 2.24) is 9.38 Å². The highest BCUT2D eigenvalue weighted by Crippen LogP contribution is 2.28. The Morgan fingerprint density at radius 2 is 1.95 bits per heavy atom. The van der Waals surface area contributed by atoms with E-state index in [0.717, 1.165) is 40.3 Å². The van der Waals surface area contributed by atoms with Crippen molar-refractivity contribution in [1.29, 1.82) is 0 Å². The van der Waals surface area contributed by atoms with Crippen LogP contribution in [0, 0.1) is 6.92 Å². The molecule has 4 heteroatoms. The summed E-state index contributed by atoms with van der Waals surface area (Å²) in [4.78, 5) is 4.77. The van der Waals surface area contributed by atoms with Gasteiger partial charge < -0.3 is 10.5 Å². The summed E-state index contributed by atoms with van der Waals surface area (Å²) in [6.07, 6.45) is 2.82. The lowest BCUT2D eigenvalue weighted by atomic mass is 10.1. The van der Waals surface area contributed by atoms with Crippen molar-refractivity contribution in [3.63, 3.8) is 0 Å². The standard InChI is InChI=1S/C17H19N3O/c1-12-4-3-11-20-16(15(9-10-18)19-17(12)20)13-5-7-14(21-2)8-6-13/h3-8,11H,9-10,18H2,1-2H3. The molecule has 21 heavy (non-hydrogen) atoms. The number of aromatic nitrogens is 2. The summed E-state index contributed by atoms with van der Waals surface area (Å²) < 4.78 is 7.37. The number of benzene rings is 1. The molecule has 0 radical (unpaired) electrons. The molecular formula is C17H19N3O. The maximum absolute atomic E-state index is 5.74. The van der Waals surface area contributed by atoms with Crippen LogP contribution in [0.25, 0.3) is 16.9 Å². The quantitative estimate of drug-likeness (QED) is 0.800. The molecule has 0 bridgehead atoms. The van der Waals surface area contributed by atoms with Gasteiger partial charge in [-0.25, -0.2) is 4.98 Å². The fraction of sp³-hybridized carbons (Fsp3) is 0.235. The van der Waals surface area contributed by atoms with Crippen LogP contribution in [0.5, 0.6) is 5.75 Å². The van der Waals surface area contributed by atoms with E-state index in [2.05, 4.69) is 35.7 Å². The largest absolute Gasteiger partial charge is 0.497 e. The Labute approximate surface area is 124 Å². The molecule has 0 saturated heterocycles. The van der Waals surface area contributed by atoms with Crippen molar-refractivity contribution in [2.24, 2.45) is 5.73 Å². The van der Waals surface area contributed by atoms with Gasteiger partial charge in [0.05, 0.1) is 18.5 Å². The van der Waals surface area contributed by atoms with Gasteiger partial charge >= 0.3 is 0 Å². The van der Waals surface area contributed by atoms with E-state index in [1.807, 2.05) is 18.2 Å². The maximum Gasteiger partial charge on any atom is 0.140 e. The third-order valence-corrected chi connectivity index (χ3v) is 3.66. The monoisotopic (exact) mass is 281 g/mol.